The number of carbonyl (C=O) groups is 2. The topological polar surface area (TPSA) is 76.7 Å². The molecule has 6 nitrogen and oxygen atoms in total. The van der Waals surface area contributed by atoms with Gasteiger partial charge in [-0.15, -0.1) is 0 Å². The molecule has 0 aromatic heterocycles. The third-order valence-corrected chi connectivity index (χ3v) is 4.29. The highest BCUT2D eigenvalue weighted by Gasteiger charge is 2.36. The number of carbonyl (C=O) groups excluding carboxylic acids is 2. The third kappa shape index (κ3) is 4.39. The number of rotatable bonds is 6. The van der Waals surface area contributed by atoms with E-state index in [1.54, 1.807) is 32.0 Å². The van der Waals surface area contributed by atoms with Gasteiger partial charge in [0.2, 0.25) is 11.8 Å². The van der Waals surface area contributed by atoms with Gasteiger partial charge in [-0.3, -0.25) is 9.59 Å². The van der Waals surface area contributed by atoms with Crippen molar-refractivity contribution in [2.24, 2.45) is 5.41 Å². The molecular formula is C17H23ClN2O4. The van der Waals surface area contributed by atoms with E-state index in [-0.39, 0.29) is 12.0 Å². The van der Waals surface area contributed by atoms with Gasteiger partial charge in [0.15, 0.2) is 0 Å². The van der Waals surface area contributed by atoms with Gasteiger partial charge < -0.3 is 20.1 Å². The first-order valence-electron chi connectivity index (χ1n) is 7.89. The lowest BCUT2D eigenvalue weighted by Crippen LogP contribution is -2.47. The first-order valence-corrected chi connectivity index (χ1v) is 8.27. The van der Waals surface area contributed by atoms with Crippen LogP contribution in [0.1, 0.15) is 26.7 Å². The number of anilines is 1. The first kappa shape index (κ1) is 18.5. The molecule has 2 N–H and O–H groups in total. The number of hydrogen-bond donors (Lipinski definition) is 2. The van der Waals surface area contributed by atoms with E-state index in [0.717, 1.165) is 19.4 Å². The maximum atomic E-state index is 12.5. The van der Waals surface area contributed by atoms with Crippen molar-refractivity contribution in [2.45, 2.75) is 32.8 Å². The van der Waals surface area contributed by atoms with E-state index in [0.29, 0.717) is 23.0 Å². The minimum absolute atomic E-state index is 0.0286. The summed E-state index contributed by atoms with van der Waals surface area (Å²) < 4.78 is 10.7. The molecule has 0 saturated carbocycles. The number of ether oxygens (including phenoxy) is 2. The van der Waals surface area contributed by atoms with Crippen LogP contribution in [0.3, 0.4) is 0 Å². The molecule has 1 fully saturated rings. The summed E-state index contributed by atoms with van der Waals surface area (Å²) in [5.41, 5.74) is -0.818. The van der Waals surface area contributed by atoms with Crippen LogP contribution in [0.5, 0.6) is 5.75 Å². The molecule has 0 aliphatic carbocycles. The van der Waals surface area contributed by atoms with Crippen molar-refractivity contribution in [1.29, 1.82) is 0 Å². The van der Waals surface area contributed by atoms with Crippen LogP contribution < -0.4 is 15.4 Å². The molecule has 1 aliphatic heterocycles. The second-order valence-corrected chi connectivity index (χ2v) is 6.71. The molecule has 1 unspecified atom stereocenters. The van der Waals surface area contributed by atoms with Gasteiger partial charge in [-0.25, -0.2) is 0 Å². The van der Waals surface area contributed by atoms with Gasteiger partial charge in [0.25, 0.3) is 0 Å². The van der Waals surface area contributed by atoms with E-state index in [1.165, 1.54) is 7.11 Å². The SMILES string of the molecule is COc1ccc(Cl)cc1NC(=O)C(C)(C)C(=O)NCC1CCCO1. The normalized spacial score (nSPS) is 17.4. The predicted molar refractivity (Wildman–Crippen MR) is 92.4 cm³/mol. The molecule has 1 heterocycles. The molecule has 0 bridgehead atoms. The summed E-state index contributed by atoms with van der Waals surface area (Å²) in [6, 6.07) is 4.90. The summed E-state index contributed by atoms with van der Waals surface area (Å²) in [6.07, 6.45) is 1.95. The fourth-order valence-corrected chi connectivity index (χ4v) is 2.56. The van der Waals surface area contributed by atoms with Gasteiger partial charge in [-0.1, -0.05) is 11.6 Å². The Morgan fingerprint density at radius 1 is 1.38 bits per heavy atom. The summed E-state index contributed by atoms with van der Waals surface area (Å²) in [5, 5.41) is 5.96. The molecule has 1 aromatic carbocycles. The lowest BCUT2D eigenvalue weighted by atomic mass is 9.90. The van der Waals surface area contributed by atoms with Gasteiger partial charge in [-0.2, -0.15) is 0 Å². The number of amides is 2. The van der Waals surface area contributed by atoms with Crippen molar-refractivity contribution in [3.63, 3.8) is 0 Å². The van der Waals surface area contributed by atoms with Crippen LogP contribution in [-0.2, 0) is 14.3 Å². The van der Waals surface area contributed by atoms with Gasteiger partial charge in [0, 0.05) is 18.2 Å². The van der Waals surface area contributed by atoms with Crippen LogP contribution in [-0.4, -0.2) is 38.2 Å². The van der Waals surface area contributed by atoms with E-state index in [9.17, 15) is 9.59 Å². The Morgan fingerprint density at radius 2 is 2.12 bits per heavy atom. The quantitative estimate of drug-likeness (QED) is 0.770. The Kier molecular flexibility index (Phi) is 6.07. The summed E-state index contributed by atoms with van der Waals surface area (Å²) in [6.45, 7) is 4.28. The van der Waals surface area contributed by atoms with E-state index in [4.69, 9.17) is 21.1 Å². The Labute approximate surface area is 146 Å². The van der Waals surface area contributed by atoms with E-state index in [1.807, 2.05) is 0 Å². The number of halogens is 1. The molecule has 1 atom stereocenters. The van der Waals surface area contributed by atoms with Gasteiger partial charge in [0.05, 0.1) is 18.9 Å². The van der Waals surface area contributed by atoms with Crippen molar-refractivity contribution >= 4 is 29.1 Å². The molecule has 0 radical (unpaired) electrons. The minimum atomic E-state index is -1.24. The largest absolute Gasteiger partial charge is 0.495 e. The van der Waals surface area contributed by atoms with Crippen molar-refractivity contribution < 1.29 is 19.1 Å². The molecule has 7 heteroatoms. The molecular weight excluding hydrogens is 332 g/mol. The van der Waals surface area contributed by atoms with Crippen molar-refractivity contribution in [3.05, 3.63) is 23.2 Å². The van der Waals surface area contributed by atoms with Crippen LogP contribution >= 0.6 is 11.6 Å². The fraction of sp³-hybridized carbons (Fsp3) is 0.529. The number of methoxy groups -OCH3 is 1. The maximum absolute atomic E-state index is 12.5. The average molecular weight is 355 g/mol. The lowest BCUT2D eigenvalue weighted by Gasteiger charge is -2.24. The summed E-state index contributed by atoms with van der Waals surface area (Å²) >= 11 is 5.96. The standard InChI is InChI=1S/C17H23ClN2O4/c1-17(2,15(21)19-10-12-5-4-8-24-12)16(22)20-13-9-11(18)6-7-14(13)23-3/h6-7,9,12H,4-5,8,10H2,1-3H3,(H,19,21)(H,20,22). The molecule has 2 rings (SSSR count). The number of hydrogen-bond acceptors (Lipinski definition) is 4. The Morgan fingerprint density at radius 3 is 2.75 bits per heavy atom. The van der Waals surface area contributed by atoms with Crippen molar-refractivity contribution in [3.8, 4) is 5.75 Å². The molecule has 1 aliphatic rings. The molecule has 24 heavy (non-hydrogen) atoms. The summed E-state index contributed by atoms with van der Waals surface area (Å²) in [5.74, 6) is -0.312. The summed E-state index contributed by atoms with van der Waals surface area (Å²) in [4.78, 5) is 24.9. The zero-order valence-electron chi connectivity index (χ0n) is 14.1. The van der Waals surface area contributed by atoms with Crippen LogP contribution in [0.15, 0.2) is 18.2 Å². The van der Waals surface area contributed by atoms with Crippen molar-refractivity contribution in [2.75, 3.05) is 25.6 Å². The smallest absolute Gasteiger partial charge is 0.239 e. The highest BCUT2D eigenvalue weighted by Crippen LogP contribution is 2.29. The van der Waals surface area contributed by atoms with Crippen molar-refractivity contribution in [1.82, 2.24) is 5.32 Å². The van der Waals surface area contributed by atoms with Crippen LogP contribution in [0, 0.1) is 5.41 Å². The minimum Gasteiger partial charge on any atom is -0.495 e. The Bertz CT molecular complexity index is 613. The first-order chi connectivity index (χ1) is 11.3. The highest BCUT2D eigenvalue weighted by molar-refractivity contribution is 6.31. The zero-order valence-corrected chi connectivity index (χ0v) is 14.9. The van der Waals surface area contributed by atoms with E-state index in [2.05, 4.69) is 10.6 Å². The fourth-order valence-electron chi connectivity index (χ4n) is 2.39. The summed E-state index contributed by atoms with van der Waals surface area (Å²) in [7, 11) is 1.50. The van der Waals surface area contributed by atoms with Crippen LogP contribution in [0.25, 0.3) is 0 Å². The lowest BCUT2D eigenvalue weighted by molar-refractivity contribution is -0.138. The molecule has 1 aromatic rings. The third-order valence-electron chi connectivity index (χ3n) is 4.06. The van der Waals surface area contributed by atoms with Gasteiger partial charge in [0.1, 0.15) is 11.2 Å². The molecule has 0 spiro atoms. The van der Waals surface area contributed by atoms with E-state index < -0.39 is 11.3 Å². The number of nitrogens with one attached hydrogen (secondary N) is 2. The second kappa shape index (κ2) is 7.85. The highest BCUT2D eigenvalue weighted by atomic mass is 35.5. The molecule has 132 valence electrons. The molecule has 1 saturated heterocycles. The van der Waals surface area contributed by atoms with E-state index >= 15 is 0 Å². The number of benzene rings is 1. The van der Waals surface area contributed by atoms with Crippen LogP contribution in [0.2, 0.25) is 5.02 Å². The maximum Gasteiger partial charge on any atom is 0.239 e. The Hall–Kier alpha value is -1.79. The predicted octanol–water partition coefficient (Wildman–Crippen LogP) is 2.61. The zero-order chi connectivity index (χ0) is 17.7. The van der Waals surface area contributed by atoms with Crippen LogP contribution in [0.4, 0.5) is 5.69 Å². The molecule has 2 amide bonds. The monoisotopic (exact) mass is 354 g/mol. The Balaban J connectivity index is 2.01. The second-order valence-electron chi connectivity index (χ2n) is 6.27. The van der Waals surface area contributed by atoms with Gasteiger partial charge in [-0.05, 0) is 44.9 Å². The average Bonchev–Trinajstić information content (AvgIpc) is 3.06. The van der Waals surface area contributed by atoms with Gasteiger partial charge >= 0.3 is 0 Å².